The van der Waals surface area contributed by atoms with Crippen LogP contribution in [0.15, 0.2) is 64.5 Å². The van der Waals surface area contributed by atoms with E-state index in [2.05, 4.69) is 24.1 Å². The number of benzene rings is 2. The van der Waals surface area contributed by atoms with E-state index in [-0.39, 0.29) is 17.2 Å². The molecule has 0 aliphatic carbocycles. The molecule has 0 saturated carbocycles. The Bertz CT molecular complexity index is 1020. The van der Waals surface area contributed by atoms with Gasteiger partial charge in [0.2, 0.25) is 5.91 Å². The van der Waals surface area contributed by atoms with Gasteiger partial charge in [-0.1, -0.05) is 55.9 Å². The van der Waals surface area contributed by atoms with E-state index < -0.39 is 0 Å². The molecule has 2 aromatic carbocycles. The van der Waals surface area contributed by atoms with Crippen LogP contribution in [0, 0.1) is 5.92 Å². The van der Waals surface area contributed by atoms with Crippen molar-refractivity contribution >= 4 is 28.6 Å². The van der Waals surface area contributed by atoms with Gasteiger partial charge in [-0.05, 0) is 30.2 Å². The number of thioether (sulfide) groups is 1. The van der Waals surface area contributed by atoms with E-state index in [4.69, 9.17) is 4.74 Å². The summed E-state index contributed by atoms with van der Waals surface area (Å²) < 4.78 is 7.24. The average molecular weight is 412 g/mol. The maximum Gasteiger partial charge on any atom is 0.262 e. The van der Waals surface area contributed by atoms with Crippen molar-refractivity contribution in [2.24, 2.45) is 5.92 Å². The molecule has 152 valence electrons. The normalized spacial score (nSPS) is 11.0. The lowest BCUT2D eigenvalue weighted by atomic mass is 10.2. The highest BCUT2D eigenvalue weighted by molar-refractivity contribution is 7.99. The fraction of sp³-hybridized carbons (Fsp3) is 0.318. The molecule has 0 aliphatic rings. The predicted octanol–water partition coefficient (Wildman–Crippen LogP) is 3.34. The van der Waals surface area contributed by atoms with E-state index in [0.29, 0.717) is 41.7 Å². The van der Waals surface area contributed by atoms with Crippen molar-refractivity contribution in [3.05, 3.63) is 65.0 Å². The molecular weight excluding hydrogens is 386 g/mol. The van der Waals surface area contributed by atoms with Gasteiger partial charge in [-0.3, -0.25) is 14.2 Å². The molecule has 1 aromatic heterocycles. The Morgan fingerprint density at radius 2 is 1.86 bits per heavy atom. The third-order valence-electron chi connectivity index (χ3n) is 4.14. The summed E-state index contributed by atoms with van der Waals surface area (Å²) in [5, 5.41) is 4.00. The second-order valence-electron chi connectivity index (χ2n) is 7.02. The van der Waals surface area contributed by atoms with Crippen LogP contribution in [0.25, 0.3) is 10.9 Å². The molecule has 3 rings (SSSR count). The van der Waals surface area contributed by atoms with Crippen molar-refractivity contribution in [2.75, 3.05) is 18.9 Å². The van der Waals surface area contributed by atoms with Crippen molar-refractivity contribution in [3.63, 3.8) is 0 Å². The number of amides is 1. The van der Waals surface area contributed by atoms with Crippen LogP contribution in [0.3, 0.4) is 0 Å². The van der Waals surface area contributed by atoms with Gasteiger partial charge in [-0.25, -0.2) is 4.98 Å². The van der Waals surface area contributed by atoms with E-state index in [1.165, 1.54) is 11.8 Å². The van der Waals surface area contributed by atoms with Gasteiger partial charge in [-0.15, -0.1) is 0 Å². The number of rotatable bonds is 9. The molecule has 0 aliphatic heterocycles. The zero-order valence-electron chi connectivity index (χ0n) is 16.6. The number of nitrogens with zero attached hydrogens (tertiary/aromatic N) is 2. The number of fused-ring (bicyclic) bond motifs is 1. The molecule has 0 fully saturated rings. The van der Waals surface area contributed by atoms with Gasteiger partial charge in [0.05, 0.1) is 23.2 Å². The molecule has 1 N–H and O–H groups in total. The second-order valence-corrected chi connectivity index (χ2v) is 7.96. The number of aromatic nitrogens is 2. The van der Waals surface area contributed by atoms with E-state index in [0.717, 1.165) is 5.75 Å². The molecule has 0 unspecified atom stereocenters. The summed E-state index contributed by atoms with van der Waals surface area (Å²) in [6, 6.07) is 16.8. The number of hydrogen-bond donors (Lipinski definition) is 1. The van der Waals surface area contributed by atoms with Crippen molar-refractivity contribution in [2.45, 2.75) is 25.5 Å². The molecule has 1 heterocycles. The topological polar surface area (TPSA) is 73.2 Å². The maximum atomic E-state index is 12.9. The Morgan fingerprint density at radius 3 is 2.62 bits per heavy atom. The number of ether oxygens (including phenoxy) is 1. The van der Waals surface area contributed by atoms with Crippen LogP contribution in [0.4, 0.5) is 0 Å². The van der Waals surface area contributed by atoms with Gasteiger partial charge < -0.3 is 10.1 Å². The quantitative estimate of drug-likeness (QED) is 0.332. The Hall–Kier alpha value is -2.80. The molecule has 29 heavy (non-hydrogen) atoms. The standard InChI is InChI=1S/C22H25N3O3S/c1-16(2)14-25-21(27)18-10-6-7-11-19(18)24-22(25)29-15-20(26)23-12-13-28-17-8-4-3-5-9-17/h3-11,16H,12-15H2,1-2H3,(H,23,26). The van der Waals surface area contributed by atoms with Gasteiger partial charge in [0.1, 0.15) is 12.4 Å². The van der Waals surface area contributed by atoms with Crippen molar-refractivity contribution in [1.82, 2.24) is 14.9 Å². The van der Waals surface area contributed by atoms with Crippen LogP contribution in [-0.4, -0.2) is 34.4 Å². The summed E-state index contributed by atoms with van der Waals surface area (Å²) in [5.74, 6) is 1.13. The minimum atomic E-state index is -0.120. The third-order valence-corrected chi connectivity index (χ3v) is 5.12. The number of carbonyl (C=O) groups excluding carboxylic acids is 1. The number of hydrogen-bond acceptors (Lipinski definition) is 5. The molecule has 7 heteroatoms. The molecular formula is C22H25N3O3S. The van der Waals surface area contributed by atoms with Crippen LogP contribution in [0.5, 0.6) is 5.75 Å². The van der Waals surface area contributed by atoms with Crippen molar-refractivity contribution in [1.29, 1.82) is 0 Å². The third kappa shape index (κ3) is 5.84. The lowest BCUT2D eigenvalue weighted by molar-refractivity contribution is -0.118. The van der Waals surface area contributed by atoms with Crippen molar-refractivity contribution in [3.8, 4) is 5.75 Å². The van der Waals surface area contributed by atoms with Gasteiger partial charge in [0, 0.05) is 6.54 Å². The average Bonchev–Trinajstić information content (AvgIpc) is 2.72. The van der Waals surface area contributed by atoms with Crippen molar-refractivity contribution < 1.29 is 9.53 Å². The van der Waals surface area contributed by atoms with Gasteiger partial charge in [0.15, 0.2) is 5.16 Å². The zero-order chi connectivity index (χ0) is 20.6. The molecule has 0 saturated heterocycles. The highest BCUT2D eigenvalue weighted by Gasteiger charge is 2.14. The number of carbonyl (C=O) groups is 1. The Morgan fingerprint density at radius 1 is 1.14 bits per heavy atom. The Balaban J connectivity index is 1.60. The monoisotopic (exact) mass is 411 g/mol. The number of nitrogens with one attached hydrogen (secondary N) is 1. The van der Waals surface area contributed by atoms with Gasteiger partial charge >= 0.3 is 0 Å². The summed E-state index contributed by atoms with van der Waals surface area (Å²) in [6.07, 6.45) is 0. The first-order chi connectivity index (χ1) is 14.0. The summed E-state index contributed by atoms with van der Waals surface area (Å²) in [4.78, 5) is 29.7. The lowest BCUT2D eigenvalue weighted by Crippen LogP contribution is -2.30. The van der Waals surface area contributed by atoms with E-state index in [9.17, 15) is 9.59 Å². The predicted molar refractivity (Wildman–Crippen MR) is 117 cm³/mol. The SMILES string of the molecule is CC(C)Cn1c(SCC(=O)NCCOc2ccccc2)nc2ccccc2c1=O. The highest BCUT2D eigenvalue weighted by atomic mass is 32.2. The molecule has 1 amide bonds. The Kier molecular flexibility index (Phi) is 7.30. The number of para-hydroxylation sites is 2. The van der Waals surface area contributed by atoms with Gasteiger partial charge in [-0.2, -0.15) is 0 Å². The minimum absolute atomic E-state index is 0.0662. The van der Waals surface area contributed by atoms with E-state index >= 15 is 0 Å². The second kappa shape index (κ2) is 10.1. The molecule has 3 aromatic rings. The van der Waals surface area contributed by atoms with Crippen LogP contribution >= 0.6 is 11.8 Å². The summed E-state index contributed by atoms with van der Waals surface area (Å²) in [6.45, 7) is 5.47. The fourth-order valence-electron chi connectivity index (χ4n) is 2.84. The van der Waals surface area contributed by atoms with E-state index in [1.54, 1.807) is 10.6 Å². The van der Waals surface area contributed by atoms with E-state index in [1.807, 2.05) is 48.5 Å². The largest absolute Gasteiger partial charge is 0.492 e. The Labute approximate surface area is 174 Å². The van der Waals surface area contributed by atoms with Gasteiger partial charge in [0.25, 0.3) is 5.56 Å². The summed E-state index contributed by atoms with van der Waals surface area (Å²) in [7, 11) is 0. The van der Waals surface area contributed by atoms with Crippen LogP contribution in [-0.2, 0) is 11.3 Å². The van der Waals surface area contributed by atoms with Crippen LogP contribution in [0.2, 0.25) is 0 Å². The molecule has 0 spiro atoms. The summed E-state index contributed by atoms with van der Waals surface area (Å²) in [5.41, 5.74) is 0.583. The van der Waals surface area contributed by atoms with Crippen LogP contribution in [0.1, 0.15) is 13.8 Å². The summed E-state index contributed by atoms with van der Waals surface area (Å²) >= 11 is 1.28. The lowest BCUT2D eigenvalue weighted by Gasteiger charge is -2.15. The minimum Gasteiger partial charge on any atom is -0.492 e. The molecule has 0 bridgehead atoms. The first-order valence-electron chi connectivity index (χ1n) is 9.61. The zero-order valence-corrected chi connectivity index (χ0v) is 17.4. The van der Waals surface area contributed by atoms with Crippen LogP contribution < -0.4 is 15.6 Å². The molecule has 6 nitrogen and oxygen atoms in total. The first kappa shape index (κ1) is 20.9. The molecule has 0 atom stereocenters. The first-order valence-corrected chi connectivity index (χ1v) is 10.6. The highest BCUT2D eigenvalue weighted by Crippen LogP contribution is 2.18. The fourth-order valence-corrected chi connectivity index (χ4v) is 3.68. The smallest absolute Gasteiger partial charge is 0.262 e. The maximum absolute atomic E-state index is 12.9. The molecule has 0 radical (unpaired) electrons.